The van der Waals surface area contributed by atoms with Gasteiger partial charge in [0, 0.05) is 11.6 Å². The lowest BCUT2D eigenvalue weighted by molar-refractivity contribution is 0.0698. The summed E-state index contributed by atoms with van der Waals surface area (Å²) >= 11 is 0. The van der Waals surface area contributed by atoms with E-state index in [9.17, 15) is 9.90 Å². The SMILES string of the molecule is COc1ccc(C(=O)O)c(NC(C)(C)C2CC2)c1. The summed E-state index contributed by atoms with van der Waals surface area (Å²) in [5.41, 5.74) is 0.819. The maximum atomic E-state index is 11.2. The van der Waals surface area contributed by atoms with Gasteiger partial charge in [-0.05, 0) is 44.7 Å². The predicted octanol–water partition coefficient (Wildman–Crippen LogP) is 2.99. The fourth-order valence-electron chi connectivity index (χ4n) is 2.19. The van der Waals surface area contributed by atoms with E-state index >= 15 is 0 Å². The standard InChI is InChI=1S/C14H19NO3/c1-14(2,9-4-5-9)15-12-8-10(18-3)6-7-11(12)13(16)17/h6-9,15H,4-5H2,1-3H3,(H,16,17). The van der Waals surface area contributed by atoms with Crippen LogP contribution in [-0.4, -0.2) is 23.7 Å². The molecule has 0 aliphatic heterocycles. The number of nitrogens with one attached hydrogen (secondary N) is 1. The maximum Gasteiger partial charge on any atom is 0.337 e. The van der Waals surface area contributed by atoms with Crippen LogP contribution in [0.2, 0.25) is 0 Å². The zero-order valence-electron chi connectivity index (χ0n) is 11.0. The molecule has 18 heavy (non-hydrogen) atoms. The molecule has 1 aliphatic carbocycles. The second-order valence-electron chi connectivity index (χ2n) is 5.34. The molecule has 0 amide bonds. The normalized spacial score (nSPS) is 15.3. The highest BCUT2D eigenvalue weighted by Crippen LogP contribution is 2.41. The molecule has 0 heterocycles. The van der Waals surface area contributed by atoms with E-state index in [0.29, 0.717) is 17.4 Å². The van der Waals surface area contributed by atoms with Crippen molar-refractivity contribution in [2.24, 2.45) is 5.92 Å². The number of carbonyl (C=O) groups is 1. The van der Waals surface area contributed by atoms with Gasteiger partial charge in [-0.15, -0.1) is 0 Å². The number of methoxy groups -OCH3 is 1. The molecule has 1 saturated carbocycles. The van der Waals surface area contributed by atoms with Crippen molar-refractivity contribution in [1.29, 1.82) is 0 Å². The van der Waals surface area contributed by atoms with E-state index in [2.05, 4.69) is 19.2 Å². The van der Waals surface area contributed by atoms with Crippen molar-refractivity contribution in [2.75, 3.05) is 12.4 Å². The predicted molar refractivity (Wildman–Crippen MR) is 70.4 cm³/mol. The van der Waals surface area contributed by atoms with Gasteiger partial charge in [-0.3, -0.25) is 0 Å². The average molecular weight is 249 g/mol. The highest BCUT2D eigenvalue weighted by Gasteiger charge is 2.38. The van der Waals surface area contributed by atoms with Crippen LogP contribution in [0, 0.1) is 5.92 Å². The smallest absolute Gasteiger partial charge is 0.337 e. The second-order valence-corrected chi connectivity index (χ2v) is 5.34. The van der Waals surface area contributed by atoms with E-state index in [0.717, 1.165) is 0 Å². The van der Waals surface area contributed by atoms with Crippen LogP contribution in [0.25, 0.3) is 0 Å². The van der Waals surface area contributed by atoms with Gasteiger partial charge in [0.25, 0.3) is 0 Å². The van der Waals surface area contributed by atoms with Crippen LogP contribution in [0.5, 0.6) is 5.75 Å². The summed E-state index contributed by atoms with van der Waals surface area (Å²) in [4.78, 5) is 11.2. The molecule has 4 heteroatoms. The molecule has 0 radical (unpaired) electrons. The van der Waals surface area contributed by atoms with Crippen LogP contribution < -0.4 is 10.1 Å². The van der Waals surface area contributed by atoms with Gasteiger partial charge in [0.05, 0.1) is 18.4 Å². The van der Waals surface area contributed by atoms with E-state index in [4.69, 9.17) is 4.74 Å². The summed E-state index contributed by atoms with van der Waals surface area (Å²) in [6, 6.07) is 4.98. The molecule has 0 spiro atoms. The molecule has 0 aromatic heterocycles. The number of hydrogen-bond acceptors (Lipinski definition) is 3. The van der Waals surface area contributed by atoms with E-state index < -0.39 is 5.97 Å². The lowest BCUT2D eigenvalue weighted by Gasteiger charge is -2.28. The molecule has 1 aromatic carbocycles. The molecule has 0 atom stereocenters. The second kappa shape index (κ2) is 4.52. The van der Waals surface area contributed by atoms with Crippen LogP contribution in [-0.2, 0) is 0 Å². The topological polar surface area (TPSA) is 58.6 Å². The van der Waals surface area contributed by atoms with Crippen molar-refractivity contribution in [3.05, 3.63) is 23.8 Å². The summed E-state index contributed by atoms with van der Waals surface area (Å²) in [7, 11) is 1.57. The summed E-state index contributed by atoms with van der Waals surface area (Å²) in [5.74, 6) is 0.353. The van der Waals surface area contributed by atoms with Gasteiger partial charge < -0.3 is 15.2 Å². The van der Waals surface area contributed by atoms with E-state index in [1.807, 2.05) is 0 Å². The van der Waals surface area contributed by atoms with Gasteiger partial charge in [0.2, 0.25) is 0 Å². The Balaban J connectivity index is 2.31. The molecule has 0 saturated heterocycles. The molecule has 98 valence electrons. The first-order valence-corrected chi connectivity index (χ1v) is 6.13. The van der Waals surface area contributed by atoms with Gasteiger partial charge in [-0.1, -0.05) is 0 Å². The molecule has 1 aliphatic rings. The summed E-state index contributed by atoms with van der Waals surface area (Å²) in [5, 5.41) is 12.5. The average Bonchev–Trinajstić information content (AvgIpc) is 3.11. The third-order valence-corrected chi connectivity index (χ3v) is 3.51. The molecule has 4 nitrogen and oxygen atoms in total. The van der Waals surface area contributed by atoms with Crippen LogP contribution in [0.4, 0.5) is 5.69 Å². The fraction of sp³-hybridized carbons (Fsp3) is 0.500. The van der Waals surface area contributed by atoms with Crippen LogP contribution in [0.3, 0.4) is 0 Å². The Morgan fingerprint density at radius 2 is 2.11 bits per heavy atom. The van der Waals surface area contributed by atoms with Crippen LogP contribution >= 0.6 is 0 Å². The Labute approximate surface area is 107 Å². The van der Waals surface area contributed by atoms with Gasteiger partial charge in [-0.25, -0.2) is 4.79 Å². The molecule has 1 fully saturated rings. The molecule has 0 bridgehead atoms. The first-order chi connectivity index (χ1) is 8.44. The highest BCUT2D eigenvalue weighted by molar-refractivity contribution is 5.94. The summed E-state index contributed by atoms with van der Waals surface area (Å²) in [6.07, 6.45) is 2.40. The monoisotopic (exact) mass is 249 g/mol. The zero-order valence-corrected chi connectivity index (χ0v) is 11.0. The fourth-order valence-corrected chi connectivity index (χ4v) is 2.19. The minimum atomic E-state index is -0.924. The van der Waals surface area contributed by atoms with Crippen molar-refractivity contribution in [1.82, 2.24) is 0 Å². The first-order valence-electron chi connectivity index (χ1n) is 6.13. The number of carboxylic acid groups (broad SMARTS) is 1. The highest BCUT2D eigenvalue weighted by atomic mass is 16.5. The number of aromatic carboxylic acids is 1. The lowest BCUT2D eigenvalue weighted by Crippen LogP contribution is -2.34. The molecule has 2 rings (SSSR count). The summed E-state index contributed by atoms with van der Waals surface area (Å²) < 4.78 is 5.15. The number of hydrogen-bond donors (Lipinski definition) is 2. The number of anilines is 1. The summed E-state index contributed by atoms with van der Waals surface area (Å²) in [6.45, 7) is 4.21. The Morgan fingerprint density at radius 3 is 2.61 bits per heavy atom. The zero-order chi connectivity index (χ0) is 13.3. The third-order valence-electron chi connectivity index (χ3n) is 3.51. The molecule has 2 N–H and O–H groups in total. The van der Waals surface area contributed by atoms with Crippen molar-refractivity contribution in [3.63, 3.8) is 0 Å². The largest absolute Gasteiger partial charge is 0.497 e. The molecule has 0 unspecified atom stereocenters. The van der Waals surface area contributed by atoms with E-state index in [1.54, 1.807) is 25.3 Å². The van der Waals surface area contributed by atoms with Gasteiger partial charge in [-0.2, -0.15) is 0 Å². The van der Waals surface area contributed by atoms with Crippen molar-refractivity contribution in [3.8, 4) is 5.75 Å². The number of rotatable bonds is 5. The van der Waals surface area contributed by atoms with Crippen molar-refractivity contribution < 1.29 is 14.6 Å². The lowest BCUT2D eigenvalue weighted by atomic mass is 9.97. The minimum Gasteiger partial charge on any atom is -0.497 e. The van der Waals surface area contributed by atoms with Crippen LogP contribution in [0.15, 0.2) is 18.2 Å². The van der Waals surface area contributed by atoms with Crippen LogP contribution in [0.1, 0.15) is 37.0 Å². The van der Waals surface area contributed by atoms with E-state index in [-0.39, 0.29) is 11.1 Å². The third kappa shape index (κ3) is 2.58. The van der Waals surface area contributed by atoms with Gasteiger partial charge in [0.1, 0.15) is 5.75 Å². The van der Waals surface area contributed by atoms with Gasteiger partial charge in [0.15, 0.2) is 0 Å². The minimum absolute atomic E-state index is 0.0867. The molecule has 1 aromatic rings. The quantitative estimate of drug-likeness (QED) is 0.842. The Bertz CT molecular complexity index is 464. The first kappa shape index (κ1) is 12.7. The van der Waals surface area contributed by atoms with E-state index in [1.165, 1.54) is 12.8 Å². The Morgan fingerprint density at radius 1 is 1.44 bits per heavy atom. The molecular weight excluding hydrogens is 230 g/mol. The van der Waals surface area contributed by atoms with Crippen molar-refractivity contribution in [2.45, 2.75) is 32.2 Å². The molecular formula is C14H19NO3. The number of carboxylic acids is 1. The van der Waals surface area contributed by atoms with Gasteiger partial charge >= 0.3 is 5.97 Å². The number of benzene rings is 1. The van der Waals surface area contributed by atoms with Crippen molar-refractivity contribution >= 4 is 11.7 Å². The Kier molecular flexibility index (Phi) is 3.20. The Hall–Kier alpha value is -1.71. The maximum absolute atomic E-state index is 11.2. The number of ether oxygens (including phenoxy) is 1.